The molecule has 0 radical (unpaired) electrons. The Morgan fingerprint density at radius 1 is 1.57 bits per heavy atom. The van der Waals surface area contributed by atoms with Crippen molar-refractivity contribution >= 4 is 11.7 Å². The number of hydrogen-bond acceptors (Lipinski definition) is 3. The summed E-state index contributed by atoms with van der Waals surface area (Å²) in [4.78, 5) is 13.0. The van der Waals surface area contributed by atoms with Gasteiger partial charge in [-0.15, -0.1) is 0 Å². The molecule has 2 rings (SSSR count). The Morgan fingerprint density at radius 2 is 2.43 bits per heavy atom. The molecule has 0 saturated carbocycles. The molecule has 0 aromatic rings. The molecular formula is C9H16N4O. The summed E-state index contributed by atoms with van der Waals surface area (Å²) in [6, 6.07) is -0.573. The minimum atomic E-state index is -0.573. The number of urea groups is 1. The van der Waals surface area contributed by atoms with Gasteiger partial charge in [0, 0.05) is 31.1 Å². The number of carbonyl (C=O) groups is 1. The summed E-state index contributed by atoms with van der Waals surface area (Å²) in [5.41, 5.74) is 8.41. The van der Waals surface area contributed by atoms with E-state index in [1.54, 1.807) is 0 Å². The highest BCUT2D eigenvalue weighted by Crippen LogP contribution is 2.23. The molecule has 2 unspecified atom stereocenters. The number of nitrogens with one attached hydrogen (secondary N) is 1. The third-order valence-corrected chi connectivity index (χ3v) is 2.97. The number of rotatable bonds is 1. The van der Waals surface area contributed by atoms with E-state index in [1.807, 2.05) is 0 Å². The van der Waals surface area contributed by atoms with Crippen LogP contribution in [0.25, 0.3) is 0 Å². The lowest BCUT2D eigenvalue weighted by Gasteiger charge is -2.38. The molecule has 2 fully saturated rings. The van der Waals surface area contributed by atoms with Crippen LogP contribution in [0, 0.1) is 5.92 Å². The standard InChI is InChI=1S/C9H16N4O/c10-9(14)12-11-8-3-5-13-4-1-2-7(8)6-13/h7H,1-6H2,(H3,10,12,14)/b11-8+. The fourth-order valence-corrected chi connectivity index (χ4v) is 2.28. The summed E-state index contributed by atoms with van der Waals surface area (Å²) in [5, 5.41) is 4.07. The van der Waals surface area contributed by atoms with E-state index in [0.717, 1.165) is 25.2 Å². The zero-order chi connectivity index (χ0) is 9.97. The third kappa shape index (κ3) is 2.04. The van der Waals surface area contributed by atoms with E-state index in [2.05, 4.69) is 15.4 Å². The molecule has 2 bridgehead atoms. The quantitative estimate of drug-likeness (QED) is 0.585. The summed E-state index contributed by atoms with van der Waals surface area (Å²) in [6.07, 6.45) is 3.39. The second kappa shape index (κ2) is 3.96. The molecule has 2 heterocycles. The Hall–Kier alpha value is -1.10. The van der Waals surface area contributed by atoms with E-state index in [-0.39, 0.29) is 0 Å². The molecule has 2 aliphatic rings. The van der Waals surface area contributed by atoms with Gasteiger partial charge in [0.25, 0.3) is 0 Å². The molecular weight excluding hydrogens is 180 g/mol. The maximum atomic E-state index is 10.5. The monoisotopic (exact) mass is 196 g/mol. The van der Waals surface area contributed by atoms with Crippen LogP contribution in [0.1, 0.15) is 19.3 Å². The number of amides is 2. The summed E-state index contributed by atoms with van der Waals surface area (Å²) in [5.74, 6) is 0.532. The van der Waals surface area contributed by atoms with Gasteiger partial charge in [-0.1, -0.05) is 0 Å². The van der Waals surface area contributed by atoms with Crippen molar-refractivity contribution in [3.8, 4) is 0 Å². The van der Waals surface area contributed by atoms with Crippen LogP contribution < -0.4 is 11.2 Å². The number of primary amides is 1. The molecule has 78 valence electrons. The molecule has 5 heteroatoms. The van der Waals surface area contributed by atoms with Crippen LogP contribution in [0.5, 0.6) is 0 Å². The first kappa shape index (κ1) is 9.45. The molecule has 3 N–H and O–H groups in total. The van der Waals surface area contributed by atoms with Gasteiger partial charge in [0.1, 0.15) is 0 Å². The van der Waals surface area contributed by atoms with Crippen LogP contribution in [-0.2, 0) is 0 Å². The van der Waals surface area contributed by atoms with Crippen LogP contribution in [0.15, 0.2) is 5.10 Å². The summed E-state index contributed by atoms with van der Waals surface area (Å²) < 4.78 is 0. The predicted octanol–water partition coefficient (Wildman–Crippen LogP) is 0.126. The van der Waals surface area contributed by atoms with Crippen molar-refractivity contribution < 1.29 is 4.79 Å². The van der Waals surface area contributed by atoms with E-state index >= 15 is 0 Å². The minimum absolute atomic E-state index is 0.532. The number of nitrogens with zero attached hydrogens (tertiary/aromatic N) is 2. The molecule has 2 atom stereocenters. The van der Waals surface area contributed by atoms with Crippen molar-refractivity contribution in [2.45, 2.75) is 19.3 Å². The first-order chi connectivity index (χ1) is 6.75. The fourth-order valence-electron chi connectivity index (χ4n) is 2.28. The van der Waals surface area contributed by atoms with Gasteiger partial charge >= 0.3 is 6.03 Å². The Labute approximate surface area is 83.3 Å². The van der Waals surface area contributed by atoms with Gasteiger partial charge in [-0.3, -0.25) is 0 Å². The highest BCUT2D eigenvalue weighted by Gasteiger charge is 2.28. The number of nitrogens with two attached hydrogens (primary N) is 1. The van der Waals surface area contributed by atoms with Gasteiger partial charge in [-0.25, -0.2) is 10.2 Å². The predicted molar refractivity (Wildman–Crippen MR) is 53.9 cm³/mol. The normalized spacial score (nSPS) is 34.1. The van der Waals surface area contributed by atoms with E-state index < -0.39 is 6.03 Å². The lowest BCUT2D eigenvalue weighted by molar-refractivity contribution is 0.188. The first-order valence-electron chi connectivity index (χ1n) is 5.10. The second-order valence-corrected chi connectivity index (χ2v) is 3.97. The minimum Gasteiger partial charge on any atom is -0.350 e. The van der Waals surface area contributed by atoms with Gasteiger partial charge in [-0.05, 0) is 19.4 Å². The first-order valence-corrected chi connectivity index (χ1v) is 5.10. The highest BCUT2D eigenvalue weighted by molar-refractivity contribution is 5.89. The zero-order valence-electron chi connectivity index (χ0n) is 8.20. The lowest BCUT2D eigenvalue weighted by atomic mass is 9.88. The SMILES string of the molecule is NC(=O)N/N=C1\CCN2CCCC1C2. The van der Waals surface area contributed by atoms with Gasteiger partial charge in [0.15, 0.2) is 0 Å². The number of fused-ring (bicyclic) bond motifs is 2. The van der Waals surface area contributed by atoms with Gasteiger partial charge in [-0.2, -0.15) is 5.10 Å². The summed E-state index contributed by atoms with van der Waals surface area (Å²) in [7, 11) is 0. The van der Waals surface area contributed by atoms with E-state index in [9.17, 15) is 4.79 Å². The number of hydrogen-bond donors (Lipinski definition) is 2. The molecule has 0 spiro atoms. The average Bonchev–Trinajstić information content (AvgIpc) is 2.17. The van der Waals surface area contributed by atoms with Crippen molar-refractivity contribution in [2.75, 3.05) is 19.6 Å². The molecule has 14 heavy (non-hydrogen) atoms. The third-order valence-electron chi connectivity index (χ3n) is 2.97. The van der Waals surface area contributed by atoms with Crippen LogP contribution in [0.2, 0.25) is 0 Å². The van der Waals surface area contributed by atoms with Crippen molar-refractivity contribution in [1.29, 1.82) is 0 Å². The van der Waals surface area contributed by atoms with Crippen LogP contribution in [0.3, 0.4) is 0 Å². The van der Waals surface area contributed by atoms with Crippen molar-refractivity contribution in [3.05, 3.63) is 0 Å². The van der Waals surface area contributed by atoms with E-state index in [4.69, 9.17) is 5.73 Å². The Kier molecular flexibility index (Phi) is 2.67. The van der Waals surface area contributed by atoms with Gasteiger partial charge in [0.2, 0.25) is 0 Å². The maximum Gasteiger partial charge on any atom is 0.332 e. The molecule has 5 nitrogen and oxygen atoms in total. The zero-order valence-corrected chi connectivity index (χ0v) is 8.20. The average molecular weight is 196 g/mol. The van der Waals surface area contributed by atoms with Crippen molar-refractivity contribution in [1.82, 2.24) is 10.3 Å². The Morgan fingerprint density at radius 3 is 3.21 bits per heavy atom. The van der Waals surface area contributed by atoms with E-state index in [0.29, 0.717) is 5.92 Å². The van der Waals surface area contributed by atoms with Crippen LogP contribution in [-0.4, -0.2) is 36.3 Å². The highest BCUT2D eigenvalue weighted by atomic mass is 16.2. The van der Waals surface area contributed by atoms with E-state index in [1.165, 1.54) is 19.4 Å². The Balaban J connectivity index is 1.98. The lowest BCUT2D eigenvalue weighted by Crippen LogP contribution is -2.45. The van der Waals surface area contributed by atoms with Crippen LogP contribution >= 0.6 is 0 Å². The molecule has 2 amide bonds. The van der Waals surface area contributed by atoms with Crippen molar-refractivity contribution in [2.24, 2.45) is 16.8 Å². The second-order valence-electron chi connectivity index (χ2n) is 3.97. The van der Waals surface area contributed by atoms with Gasteiger partial charge < -0.3 is 10.6 Å². The maximum absolute atomic E-state index is 10.5. The van der Waals surface area contributed by atoms with Gasteiger partial charge in [0.05, 0.1) is 0 Å². The molecule has 0 aliphatic carbocycles. The molecule has 2 saturated heterocycles. The largest absolute Gasteiger partial charge is 0.350 e. The molecule has 2 aliphatic heterocycles. The smallest absolute Gasteiger partial charge is 0.332 e. The summed E-state index contributed by atoms with van der Waals surface area (Å²) >= 11 is 0. The molecule has 0 aromatic carbocycles. The fraction of sp³-hybridized carbons (Fsp3) is 0.778. The van der Waals surface area contributed by atoms with Crippen LogP contribution in [0.4, 0.5) is 4.79 Å². The topological polar surface area (TPSA) is 70.7 Å². The van der Waals surface area contributed by atoms with Crippen molar-refractivity contribution in [3.63, 3.8) is 0 Å². The number of carbonyl (C=O) groups excluding carboxylic acids is 1. The summed E-state index contributed by atoms with van der Waals surface area (Å²) in [6.45, 7) is 3.38. The Bertz CT molecular complexity index is 264. The number of piperidine rings is 2. The molecule has 0 aromatic heterocycles. The number of hydrazone groups is 1.